The van der Waals surface area contributed by atoms with Crippen molar-refractivity contribution in [2.75, 3.05) is 5.32 Å². The SMILES string of the molecule is CCC(CC)C(C)Nc1ccc(C(N)=S)cn1. The van der Waals surface area contributed by atoms with Crippen molar-refractivity contribution in [2.24, 2.45) is 11.7 Å². The van der Waals surface area contributed by atoms with Gasteiger partial charge in [0.25, 0.3) is 0 Å². The van der Waals surface area contributed by atoms with Gasteiger partial charge in [0, 0.05) is 17.8 Å². The molecule has 1 heterocycles. The lowest BCUT2D eigenvalue weighted by Crippen LogP contribution is -2.25. The average Bonchev–Trinajstić information content (AvgIpc) is 2.31. The molecule has 0 fully saturated rings. The molecule has 0 radical (unpaired) electrons. The highest BCUT2D eigenvalue weighted by molar-refractivity contribution is 7.80. The predicted octanol–water partition coefficient (Wildman–Crippen LogP) is 2.95. The zero-order valence-corrected chi connectivity index (χ0v) is 11.6. The quantitative estimate of drug-likeness (QED) is 0.763. The van der Waals surface area contributed by atoms with Crippen LogP contribution < -0.4 is 11.1 Å². The van der Waals surface area contributed by atoms with Gasteiger partial charge in [-0.2, -0.15) is 0 Å². The number of anilines is 1. The molecule has 0 bridgehead atoms. The van der Waals surface area contributed by atoms with Crippen LogP contribution in [0, 0.1) is 5.92 Å². The Hall–Kier alpha value is -1.16. The monoisotopic (exact) mass is 251 g/mol. The number of nitrogens with zero attached hydrogens (tertiary/aromatic N) is 1. The number of thiocarbonyl (C=S) groups is 1. The molecule has 0 saturated heterocycles. The first-order chi connectivity index (χ1) is 8.08. The summed E-state index contributed by atoms with van der Waals surface area (Å²) >= 11 is 4.89. The van der Waals surface area contributed by atoms with Crippen molar-refractivity contribution in [1.29, 1.82) is 0 Å². The minimum absolute atomic E-state index is 0.386. The van der Waals surface area contributed by atoms with Crippen LogP contribution in [0.1, 0.15) is 39.2 Å². The molecule has 1 aromatic rings. The summed E-state index contributed by atoms with van der Waals surface area (Å²) in [5.74, 6) is 1.55. The first-order valence-electron chi connectivity index (χ1n) is 6.10. The van der Waals surface area contributed by atoms with Gasteiger partial charge in [0.15, 0.2) is 0 Å². The maximum atomic E-state index is 5.53. The third-order valence-electron chi connectivity index (χ3n) is 3.18. The van der Waals surface area contributed by atoms with E-state index in [2.05, 4.69) is 31.1 Å². The second kappa shape index (κ2) is 6.55. The molecule has 0 spiro atoms. The molecule has 17 heavy (non-hydrogen) atoms. The van der Waals surface area contributed by atoms with Crippen molar-refractivity contribution >= 4 is 23.0 Å². The molecule has 3 nitrogen and oxygen atoms in total. The van der Waals surface area contributed by atoms with Gasteiger partial charge in [-0.1, -0.05) is 38.9 Å². The summed E-state index contributed by atoms with van der Waals surface area (Å²) in [6.07, 6.45) is 4.07. The third kappa shape index (κ3) is 3.97. The second-order valence-corrected chi connectivity index (χ2v) is 4.75. The minimum Gasteiger partial charge on any atom is -0.389 e. The van der Waals surface area contributed by atoms with Crippen LogP contribution in [-0.4, -0.2) is 16.0 Å². The van der Waals surface area contributed by atoms with Crippen molar-refractivity contribution < 1.29 is 0 Å². The summed E-state index contributed by atoms with van der Waals surface area (Å²) in [6, 6.07) is 4.25. The number of rotatable bonds is 6. The van der Waals surface area contributed by atoms with E-state index in [4.69, 9.17) is 18.0 Å². The van der Waals surface area contributed by atoms with Crippen molar-refractivity contribution in [1.82, 2.24) is 4.98 Å². The van der Waals surface area contributed by atoms with Crippen LogP contribution >= 0.6 is 12.2 Å². The Kier molecular flexibility index (Phi) is 5.35. The molecule has 0 aliphatic carbocycles. The van der Waals surface area contributed by atoms with Crippen LogP contribution in [0.5, 0.6) is 0 Å². The standard InChI is InChI=1S/C13H21N3S/c1-4-10(5-2)9(3)16-12-7-6-11(8-15-12)13(14)17/h6-10H,4-5H2,1-3H3,(H2,14,17)(H,15,16). The molecule has 1 atom stereocenters. The Morgan fingerprint density at radius 1 is 1.41 bits per heavy atom. The molecular formula is C13H21N3S. The van der Waals surface area contributed by atoms with Gasteiger partial charge in [0.2, 0.25) is 0 Å². The normalized spacial score (nSPS) is 12.5. The molecule has 0 amide bonds. The maximum absolute atomic E-state index is 5.53. The summed E-state index contributed by atoms with van der Waals surface area (Å²) in [4.78, 5) is 4.70. The van der Waals surface area contributed by atoms with E-state index >= 15 is 0 Å². The summed E-state index contributed by atoms with van der Waals surface area (Å²) in [6.45, 7) is 6.63. The average molecular weight is 251 g/mol. The van der Waals surface area contributed by atoms with E-state index in [0.717, 1.165) is 11.4 Å². The fraction of sp³-hybridized carbons (Fsp3) is 0.538. The molecule has 0 saturated carbocycles. The number of hydrogen-bond acceptors (Lipinski definition) is 3. The molecule has 0 aliphatic heterocycles. The van der Waals surface area contributed by atoms with Crippen LogP contribution in [0.25, 0.3) is 0 Å². The molecule has 3 N–H and O–H groups in total. The minimum atomic E-state index is 0.386. The highest BCUT2D eigenvalue weighted by Crippen LogP contribution is 2.16. The van der Waals surface area contributed by atoms with Crippen LogP contribution in [-0.2, 0) is 0 Å². The van der Waals surface area contributed by atoms with Crippen LogP contribution in [0.3, 0.4) is 0 Å². The number of hydrogen-bond donors (Lipinski definition) is 2. The Balaban J connectivity index is 2.65. The second-order valence-electron chi connectivity index (χ2n) is 4.31. The molecule has 1 aromatic heterocycles. The van der Waals surface area contributed by atoms with Crippen LogP contribution in [0.4, 0.5) is 5.82 Å². The van der Waals surface area contributed by atoms with Gasteiger partial charge < -0.3 is 11.1 Å². The highest BCUT2D eigenvalue weighted by Gasteiger charge is 2.13. The first-order valence-corrected chi connectivity index (χ1v) is 6.51. The van der Waals surface area contributed by atoms with Gasteiger partial charge in [-0.3, -0.25) is 0 Å². The van der Waals surface area contributed by atoms with Gasteiger partial charge in [-0.15, -0.1) is 0 Å². The summed E-state index contributed by atoms with van der Waals surface area (Å²) in [7, 11) is 0. The van der Waals surface area contributed by atoms with Gasteiger partial charge in [-0.25, -0.2) is 4.98 Å². The van der Waals surface area contributed by atoms with Crippen LogP contribution in [0.2, 0.25) is 0 Å². The van der Waals surface area contributed by atoms with Gasteiger partial charge in [-0.05, 0) is 25.0 Å². The Morgan fingerprint density at radius 2 is 2.06 bits per heavy atom. The number of pyridine rings is 1. The number of aromatic nitrogens is 1. The maximum Gasteiger partial charge on any atom is 0.126 e. The lowest BCUT2D eigenvalue weighted by molar-refractivity contribution is 0.437. The molecule has 94 valence electrons. The molecule has 1 unspecified atom stereocenters. The van der Waals surface area contributed by atoms with Gasteiger partial charge >= 0.3 is 0 Å². The van der Waals surface area contributed by atoms with E-state index in [-0.39, 0.29) is 0 Å². The fourth-order valence-corrected chi connectivity index (χ4v) is 2.09. The van der Waals surface area contributed by atoms with Crippen molar-refractivity contribution in [2.45, 2.75) is 39.7 Å². The molecule has 1 rings (SSSR count). The molecule has 0 aromatic carbocycles. The van der Waals surface area contributed by atoms with E-state index < -0.39 is 0 Å². The lowest BCUT2D eigenvalue weighted by atomic mass is 9.95. The van der Waals surface area contributed by atoms with E-state index in [9.17, 15) is 0 Å². The third-order valence-corrected chi connectivity index (χ3v) is 3.42. The molecule has 4 heteroatoms. The van der Waals surface area contributed by atoms with Crippen molar-refractivity contribution in [3.63, 3.8) is 0 Å². The highest BCUT2D eigenvalue weighted by atomic mass is 32.1. The summed E-state index contributed by atoms with van der Waals surface area (Å²) in [5.41, 5.74) is 6.33. The predicted molar refractivity (Wildman–Crippen MR) is 77.3 cm³/mol. The van der Waals surface area contributed by atoms with E-state index in [1.807, 2.05) is 12.1 Å². The van der Waals surface area contributed by atoms with Gasteiger partial charge in [0.1, 0.15) is 10.8 Å². The van der Waals surface area contributed by atoms with Crippen molar-refractivity contribution in [3.05, 3.63) is 23.9 Å². The molecular weight excluding hydrogens is 230 g/mol. The van der Waals surface area contributed by atoms with E-state index in [1.165, 1.54) is 12.8 Å². The Labute approximate surface area is 109 Å². The number of nitrogens with two attached hydrogens (primary N) is 1. The Bertz CT molecular complexity index is 357. The van der Waals surface area contributed by atoms with Crippen molar-refractivity contribution in [3.8, 4) is 0 Å². The van der Waals surface area contributed by atoms with E-state index in [1.54, 1.807) is 6.20 Å². The summed E-state index contributed by atoms with van der Waals surface area (Å²) < 4.78 is 0. The first kappa shape index (κ1) is 13.9. The number of nitrogens with one attached hydrogen (secondary N) is 1. The van der Waals surface area contributed by atoms with Crippen LogP contribution in [0.15, 0.2) is 18.3 Å². The summed E-state index contributed by atoms with van der Waals surface area (Å²) in [5, 5.41) is 3.41. The fourth-order valence-electron chi connectivity index (χ4n) is 1.97. The smallest absolute Gasteiger partial charge is 0.126 e. The Morgan fingerprint density at radius 3 is 2.47 bits per heavy atom. The van der Waals surface area contributed by atoms with E-state index in [0.29, 0.717) is 16.9 Å². The topological polar surface area (TPSA) is 50.9 Å². The largest absolute Gasteiger partial charge is 0.389 e. The zero-order chi connectivity index (χ0) is 12.8. The lowest BCUT2D eigenvalue weighted by Gasteiger charge is -2.23. The molecule has 0 aliphatic rings. The van der Waals surface area contributed by atoms with Gasteiger partial charge in [0.05, 0.1) is 0 Å². The zero-order valence-electron chi connectivity index (χ0n) is 10.7.